The lowest BCUT2D eigenvalue weighted by molar-refractivity contribution is 0.190. The first-order valence-corrected chi connectivity index (χ1v) is 8.44. The molecule has 0 bridgehead atoms. The van der Waals surface area contributed by atoms with Gasteiger partial charge in [0.25, 0.3) is 0 Å². The fourth-order valence-electron chi connectivity index (χ4n) is 4.15. The highest BCUT2D eigenvalue weighted by Crippen LogP contribution is 2.54. The molecule has 1 aromatic rings. The van der Waals surface area contributed by atoms with Gasteiger partial charge in [-0.15, -0.1) is 0 Å². The summed E-state index contributed by atoms with van der Waals surface area (Å²) in [5, 5.41) is 1.95. The summed E-state index contributed by atoms with van der Waals surface area (Å²) in [6, 6.07) is 4.23. The molecular formula is C19H25N3O2. The number of hydrazine groups is 1. The quantitative estimate of drug-likeness (QED) is 0.860. The van der Waals surface area contributed by atoms with E-state index < -0.39 is 0 Å². The van der Waals surface area contributed by atoms with Crippen molar-refractivity contribution < 1.29 is 9.47 Å². The number of benzene rings is 1. The van der Waals surface area contributed by atoms with E-state index in [1.54, 1.807) is 7.11 Å². The maximum absolute atomic E-state index is 6.42. The molecule has 1 aliphatic carbocycles. The Balaban J connectivity index is 1.84. The Kier molecular flexibility index (Phi) is 3.58. The highest BCUT2D eigenvalue weighted by atomic mass is 16.5. The van der Waals surface area contributed by atoms with Crippen LogP contribution in [0, 0.1) is 0 Å². The number of nitrogens with zero attached hydrogens (tertiary/aromatic N) is 2. The molecule has 2 unspecified atom stereocenters. The van der Waals surface area contributed by atoms with Gasteiger partial charge in [0.05, 0.1) is 12.5 Å². The van der Waals surface area contributed by atoms with Crippen LogP contribution in [0.4, 0.5) is 0 Å². The van der Waals surface area contributed by atoms with Crippen LogP contribution in [0.2, 0.25) is 0 Å². The SMILES string of the molecule is COc1ccc2c3c1OC1C=C(NN(C)C)C=CC31CCN(C)C2. The summed E-state index contributed by atoms with van der Waals surface area (Å²) < 4.78 is 12.0. The average molecular weight is 327 g/mol. The van der Waals surface area contributed by atoms with Gasteiger partial charge in [-0.2, -0.15) is 0 Å². The molecule has 1 aromatic carbocycles. The van der Waals surface area contributed by atoms with Crippen molar-refractivity contribution in [1.82, 2.24) is 15.3 Å². The van der Waals surface area contributed by atoms with Crippen LogP contribution in [-0.2, 0) is 12.0 Å². The predicted molar refractivity (Wildman–Crippen MR) is 94.1 cm³/mol. The number of methoxy groups -OCH3 is 1. The smallest absolute Gasteiger partial charge is 0.166 e. The Morgan fingerprint density at radius 2 is 2.21 bits per heavy atom. The van der Waals surface area contributed by atoms with Gasteiger partial charge < -0.3 is 19.8 Å². The van der Waals surface area contributed by atoms with Gasteiger partial charge in [-0.25, -0.2) is 5.01 Å². The van der Waals surface area contributed by atoms with Crippen molar-refractivity contribution >= 4 is 0 Å². The number of nitrogens with one attached hydrogen (secondary N) is 1. The molecule has 0 radical (unpaired) electrons. The van der Waals surface area contributed by atoms with Gasteiger partial charge in [-0.1, -0.05) is 12.1 Å². The Morgan fingerprint density at radius 1 is 1.38 bits per heavy atom. The van der Waals surface area contributed by atoms with Crippen LogP contribution >= 0.6 is 0 Å². The van der Waals surface area contributed by atoms with Crippen LogP contribution in [-0.4, -0.2) is 50.8 Å². The van der Waals surface area contributed by atoms with Gasteiger partial charge in [-0.3, -0.25) is 0 Å². The van der Waals surface area contributed by atoms with E-state index in [9.17, 15) is 0 Å². The fraction of sp³-hybridized carbons (Fsp3) is 0.474. The summed E-state index contributed by atoms with van der Waals surface area (Å²) >= 11 is 0. The second-order valence-corrected chi connectivity index (χ2v) is 7.16. The van der Waals surface area contributed by atoms with E-state index in [1.165, 1.54) is 11.1 Å². The van der Waals surface area contributed by atoms with Crippen molar-refractivity contribution in [3.05, 3.63) is 47.2 Å². The number of allylic oxidation sites excluding steroid dienone is 1. The van der Waals surface area contributed by atoms with Crippen molar-refractivity contribution in [2.24, 2.45) is 0 Å². The third-order valence-corrected chi connectivity index (χ3v) is 5.24. The van der Waals surface area contributed by atoms with Crippen molar-refractivity contribution in [1.29, 1.82) is 0 Å². The summed E-state index contributed by atoms with van der Waals surface area (Å²) in [5.74, 6) is 1.75. The van der Waals surface area contributed by atoms with Crippen LogP contribution in [0.1, 0.15) is 17.5 Å². The topological polar surface area (TPSA) is 37.0 Å². The van der Waals surface area contributed by atoms with Gasteiger partial charge in [0.2, 0.25) is 0 Å². The highest BCUT2D eigenvalue weighted by Gasteiger charge is 2.51. The maximum Gasteiger partial charge on any atom is 0.166 e. The van der Waals surface area contributed by atoms with E-state index in [1.807, 2.05) is 25.2 Å². The molecule has 0 fully saturated rings. The lowest BCUT2D eigenvalue weighted by Gasteiger charge is -2.33. The fourth-order valence-corrected chi connectivity index (χ4v) is 4.15. The number of ether oxygens (including phenoxy) is 2. The Labute approximate surface area is 143 Å². The number of rotatable bonds is 3. The first-order valence-electron chi connectivity index (χ1n) is 8.44. The van der Waals surface area contributed by atoms with Gasteiger partial charge in [0, 0.05) is 31.9 Å². The summed E-state index contributed by atoms with van der Waals surface area (Å²) in [5.41, 5.74) is 6.96. The molecule has 128 valence electrons. The van der Waals surface area contributed by atoms with Crippen LogP contribution in [0.15, 0.2) is 36.1 Å². The molecule has 2 heterocycles. The molecular weight excluding hydrogens is 302 g/mol. The van der Waals surface area contributed by atoms with Crippen molar-refractivity contribution in [3.63, 3.8) is 0 Å². The molecule has 2 atom stereocenters. The van der Waals surface area contributed by atoms with E-state index in [0.29, 0.717) is 0 Å². The number of hydrogen-bond donors (Lipinski definition) is 1. The first kappa shape index (κ1) is 15.5. The molecule has 0 aromatic heterocycles. The van der Waals surface area contributed by atoms with Crippen LogP contribution in [0.25, 0.3) is 0 Å². The van der Waals surface area contributed by atoms with Crippen LogP contribution < -0.4 is 14.9 Å². The summed E-state index contributed by atoms with van der Waals surface area (Å²) in [6.45, 7) is 2.00. The molecule has 4 rings (SSSR count). The molecule has 2 aliphatic heterocycles. The average Bonchev–Trinajstić information content (AvgIpc) is 2.80. The monoisotopic (exact) mass is 327 g/mol. The minimum atomic E-state index is -0.0958. The highest BCUT2D eigenvalue weighted by molar-refractivity contribution is 5.62. The minimum absolute atomic E-state index is 0.00139. The Morgan fingerprint density at radius 3 is 2.96 bits per heavy atom. The van der Waals surface area contributed by atoms with Crippen molar-refractivity contribution in [3.8, 4) is 11.5 Å². The Bertz CT molecular complexity index is 726. The van der Waals surface area contributed by atoms with E-state index in [2.05, 4.69) is 41.7 Å². The van der Waals surface area contributed by atoms with E-state index in [-0.39, 0.29) is 11.5 Å². The van der Waals surface area contributed by atoms with E-state index >= 15 is 0 Å². The van der Waals surface area contributed by atoms with Crippen molar-refractivity contribution in [2.75, 3.05) is 34.8 Å². The van der Waals surface area contributed by atoms with E-state index in [4.69, 9.17) is 9.47 Å². The van der Waals surface area contributed by atoms with Crippen molar-refractivity contribution in [2.45, 2.75) is 24.5 Å². The summed E-state index contributed by atoms with van der Waals surface area (Å²) in [6.07, 6.45) is 7.76. The van der Waals surface area contributed by atoms with E-state index in [0.717, 1.165) is 36.7 Å². The second-order valence-electron chi connectivity index (χ2n) is 7.16. The molecule has 1 N–H and O–H groups in total. The first-order chi connectivity index (χ1) is 11.5. The standard InChI is InChI=1S/C19H25N3O2/c1-21(2)20-14-7-8-19-9-10-22(3)12-13-5-6-15(23-4)18(17(13)19)24-16(19)11-14/h5-8,11,16,20H,9-10,12H2,1-4H3. The zero-order chi connectivity index (χ0) is 16.9. The number of hydrogen-bond acceptors (Lipinski definition) is 5. The lowest BCUT2D eigenvalue weighted by atomic mass is 9.71. The van der Waals surface area contributed by atoms with Crippen LogP contribution in [0.5, 0.6) is 11.5 Å². The van der Waals surface area contributed by atoms with Gasteiger partial charge in [0.1, 0.15) is 6.10 Å². The largest absolute Gasteiger partial charge is 0.493 e. The second kappa shape index (κ2) is 5.53. The molecule has 1 spiro atoms. The normalized spacial score (nSPS) is 27.9. The molecule has 0 saturated heterocycles. The Hall–Kier alpha value is -1.98. The zero-order valence-electron chi connectivity index (χ0n) is 14.8. The third-order valence-electron chi connectivity index (χ3n) is 5.24. The lowest BCUT2D eigenvalue weighted by Crippen LogP contribution is -2.40. The summed E-state index contributed by atoms with van der Waals surface area (Å²) in [4.78, 5) is 2.39. The molecule has 0 saturated carbocycles. The molecule has 3 aliphatic rings. The molecule has 24 heavy (non-hydrogen) atoms. The zero-order valence-corrected chi connectivity index (χ0v) is 14.8. The van der Waals surface area contributed by atoms with Crippen LogP contribution in [0.3, 0.4) is 0 Å². The molecule has 5 heteroatoms. The molecule has 5 nitrogen and oxygen atoms in total. The summed E-state index contributed by atoms with van der Waals surface area (Å²) in [7, 11) is 7.88. The minimum Gasteiger partial charge on any atom is -0.493 e. The molecule has 0 amide bonds. The maximum atomic E-state index is 6.42. The van der Waals surface area contributed by atoms with Gasteiger partial charge in [0.15, 0.2) is 11.5 Å². The third kappa shape index (κ3) is 2.23. The van der Waals surface area contributed by atoms with Gasteiger partial charge in [-0.05, 0) is 43.8 Å². The predicted octanol–water partition coefficient (Wildman–Crippen LogP) is 2.05. The van der Waals surface area contributed by atoms with Gasteiger partial charge >= 0.3 is 0 Å².